The highest BCUT2D eigenvalue weighted by atomic mass is 35.5. The maximum atomic E-state index is 13.5. The molecule has 44 heavy (non-hydrogen) atoms. The molecule has 5 aromatic rings. The minimum absolute atomic E-state index is 0.0958. The Balaban J connectivity index is 1.35. The van der Waals surface area contributed by atoms with Gasteiger partial charge in [-0.25, -0.2) is 0 Å². The predicted molar refractivity (Wildman–Crippen MR) is 181 cm³/mol. The van der Waals surface area contributed by atoms with Crippen LogP contribution in [0.25, 0.3) is 6.08 Å². The van der Waals surface area contributed by atoms with Crippen LogP contribution in [0.15, 0.2) is 131 Å². The molecule has 0 aliphatic rings. The van der Waals surface area contributed by atoms with Crippen LogP contribution in [0, 0.1) is 0 Å². The van der Waals surface area contributed by atoms with Gasteiger partial charge in [0.15, 0.2) is 0 Å². The first kappa shape index (κ1) is 31.1. The van der Waals surface area contributed by atoms with E-state index in [-0.39, 0.29) is 11.6 Å². The molecule has 0 bridgehead atoms. The zero-order valence-electron chi connectivity index (χ0n) is 23.0. The number of carbonyl (C=O) groups excluding carboxylic acids is 3. The minimum Gasteiger partial charge on any atom is -0.325 e. The molecule has 0 saturated heterocycles. The maximum absolute atomic E-state index is 13.5. The summed E-state index contributed by atoms with van der Waals surface area (Å²) in [5.74, 6) is -1.14. The van der Waals surface area contributed by atoms with Crippen LogP contribution in [-0.2, 0) is 9.59 Å². The zero-order valence-corrected chi connectivity index (χ0v) is 26.1. The van der Waals surface area contributed by atoms with E-state index in [4.69, 9.17) is 23.2 Å². The van der Waals surface area contributed by atoms with Gasteiger partial charge in [-0.3, -0.25) is 14.4 Å². The molecule has 10 heteroatoms. The second-order valence-corrected chi connectivity index (χ2v) is 12.2. The second-order valence-electron chi connectivity index (χ2n) is 9.44. The third-order valence-corrected chi connectivity index (χ3v) is 8.94. The molecule has 0 spiro atoms. The van der Waals surface area contributed by atoms with E-state index in [0.717, 1.165) is 16.0 Å². The topological polar surface area (TPSA) is 87.3 Å². The minimum atomic E-state index is -0.615. The van der Waals surface area contributed by atoms with Gasteiger partial charge in [-0.2, -0.15) is 11.3 Å². The van der Waals surface area contributed by atoms with Gasteiger partial charge in [0, 0.05) is 21.8 Å². The molecule has 0 aliphatic heterocycles. The predicted octanol–water partition coefficient (Wildman–Crippen LogP) is 8.94. The van der Waals surface area contributed by atoms with Gasteiger partial charge in [-0.15, -0.1) is 11.8 Å². The average Bonchev–Trinajstić information content (AvgIpc) is 3.55. The number of amides is 3. The van der Waals surface area contributed by atoms with E-state index in [1.165, 1.54) is 23.1 Å². The fraction of sp³-hybridized carbons (Fsp3) is 0.0294. The number of thiophene rings is 1. The molecule has 1 heterocycles. The summed E-state index contributed by atoms with van der Waals surface area (Å²) in [6, 6.07) is 32.0. The van der Waals surface area contributed by atoms with Gasteiger partial charge in [0.1, 0.15) is 10.9 Å². The summed E-state index contributed by atoms with van der Waals surface area (Å²) in [5, 5.41) is 12.4. The summed E-state index contributed by atoms with van der Waals surface area (Å²) in [5.41, 5.74) is 3.14. The fourth-order valence-corrected chi connectivity index (χ4v) is 6.13. The lowest BCUT2D eigenvalue weighted by molar-refractivity contribution is -0.116. The Morgan fingerprint density at radius 2 is 1.48 bits per heavy atom. The van der Waals surface area contributed by atoms with E-state index < -0.39 is 17.1 Å². The van der Waals surface area contributed by atoms with Gasteiger partial charge in [0.25, 0.3) is 11.8 Å². The average molecular weight is 659 g/mol. The molecule has 3 amide bonds. The molecule has 220 valence electrons. The van der Waals surface area contributed by atoms with E-state index >= 15 is 0 Å². The van der Waals surface area contributed by atoms with Crippen LogP contribution in [0.2, 0.25) is 10.0 Å². The molecule has 0 aliphatic carbocycles. The fourth-order valence-electron chi connectivity index (χ4n) is 4.13. The highest BCUT2D eigenvalue weighted by Crippen LogP contribution is 2.37. The molecule has 6 nitrogen and oxygen atoms in total. The number of carbonyl (C=O) groups is 3. The molecule has 0 saturated carbocycles. The molecule has 1 atom stereocenters. The number of halogens is 2. The van der Waals surface area contributed by atoms with Crippen LogP contribution in [0.3, 0.4) is 0 Å². The lowest BCUT2D eigenvalue weighted by Gasteiger charge is -2.18. The van der Waals surface area contributed by atoms with Crippen LogP contribution < -0.4 is 16.0 Å². The van der Waals surface area contributed by atoms with Gasteiger partial charge in [-0.1, -0.05) is 77.8 Å². The van der Waals surface area contributed by atoms with Crippen molar-refractivity contribution in [1.82, 2.24) is 5.32 Å². The summed E-state index contributed by atoms with van der Waals surface area (Å²) in [7, 11) is 0. The molecular formula is C34H25Cl2N3O3S2. The Hall–Kier alpha value is -4.34. The van der Waals surface area contributed by atoms with Crippen molar-refractivity contribution >= 4 is 81.5 Å². The number of benzene rings is 4. The van der Waals surface area contributed by atoms with Gasteiger partial charge >= 0.3 is 0 Å². The van der Waals surface area contributed by atoms with Crippen molar-refractivity contribution in [3.05, 3.63) is 152 Å². The molecule has 0 fully saturated rings. The lowest BCUT2D eigenvalue weighted by Crippen LogP contribution is -2.30. The number of anilines is 2. The lowest BCUT2D eigenvalue weighted by atomic mass is 10.1. The Labute approximate surface area is 273 Å². The quantitative estimate of drug-likeness (QED) is 0.103. The van der Waals surface area contributed by atoms with Crippen molar-refractivity contribution in [2.45, 2.75) is 10.1 Å². The number of hydrogen-bond donors (Lipinski definition) is 3. The summed E-state index contributed by atoms with van der Waals surface area (Å²) in [6.07, 6.45) is 1.63. The first-order valence-corrected chi connectivity index (χ1v) is 15.9. The normalized spacial score (nSPS) is 11.8. The third-order valence-electron chi connectivity index (χ3n) is 6.26. The Bertz CT molecular complexity index is 1800. The van der Waals surface area contributed by atoms with Crippen molar-refractivity contribution in [1.29, 1.82) is 0 Å². The summed E-state index contributed by atoms with van der Waals surface area (Å²) in [4.78, 5) is 40.6. The van der Waals surface area contributed by atoms with E-state index in [1.807, 2.05) is 59.3 Å². The van der Waals surface area contributed by atoms with Crippen molar-refractivity contribution in [2.75, 3.05) is 10.6 Å². The monoisotopic (exact) mass is 657 g/mol. The Morgan fingerprint density at radius 3 is 2.18 bits per heavy atom. The van der Waals surface area contributed by atoms with Gasteiger partial charge in [0.05, 0.1) is 10.0 Å². The molecule has 1 unspecified atom stereocenters. The molecule has 5 rings (SSSR count). The molecular weight excluding hydrogens is 633 g/mol. The van der Waals surface area contributed by atoms with Crippen LogP contribution in [0.4, 0.5) is 11.4 Å². The van der Waals surface area contributed by atoms with Crippen molar-refractivity contribution in [3.8, 4) is 0 Å². The van der Waals surface area contributed by atoms with Crippen molar-refractivity contribution in [3.63, 3.8) is 0 Å². The zero-order chi connectivity index (χ0) is 30.9. The third kappa shape index (κ3) is 8.39. The number of thioether (sulfide) groups is 1. The van der Waals surface area contributed by atoms with E-state index in [2.05, 4.69) is 16.0 Å². The van der Waals surface area contributed by atoms with Crippen LogP contribution in [0.1, 0.15) is 26.7 Å². The van der Waals surface area contributed by atoms with E-state index in [0.29, 0.717) is 27.0 Å². The Morgan fingerprint density at radius 1 is 0.750 bits per heavy atom. The first-order valence-electron chi connectivity index (χ1n) is 13.3. The summed E-state index contributed by atoms with van der Waals surface area (Å²) in [6.45, 7) is 0. The first-order chi connectivity index (χ1) is 21.4. The largest absolute Gasteiger partial charge is 0.325 e. The highest BCUT2D eigenvalue weighted by molar-refractivity contribution is 8.00. The van der Waals surface area contributed by atoms with Gasteiger partial charge in [-0.05, 0) is 82.6 Å². The van der Waals surface area contributed by atoms with Gasteiger partial charge < -0.3 is 16.0 Å². The van der Waals surface area contributed by atoms with Crippen LogP contribution in [-0.4, -0.2) is 17.7 Å². The van der Waals surface area contributed by atoms with Crippen LogP contribution in [0.5, 0.6) is 0 Å². The SMILES string of the molecule is O=C(Nc1cccc(SC(C(=O)Nc2ccc(Cl)c(Cl)c2)c2ccccc2)c1)/C(=C/c1ccsc1)NC(=O)c1ccccc1. The van der Waals surface area contributed by atoms with Gasteiger partial charge in [0.2, 0.25) is 5.91 Å². The molecule has 4 aromatic carbocycles. The number of rotatable bonds is 10. The second kappa shape index (κ2) is 14.9. The number of hydrogen-bond acceptors (Lipinski definition) is 5. The van der Waals surface area contributed by atoms with Crippen molar-refractivity contribution in [2.24, 2.45) is 0 Å². The maximum Gasteiger partial charge on any atom is 0.272 e. The molecule has 1 aromatic heterocycles. The van der Waals surface area contributed by atoms with E-state index in [9.17, 15) is 14.4 Å². The molecule has 0 radical (unpaired) electrons. The summed E-state index contributed by atoms with van der Waals surface area (Å²) < 4.78 is 0. The highest BCUT2D eigenvalue weighted by Gasteiger charge is 2.23. The summed E-state index contributed by atoms with van der Waals surface area (Å²) >= 11 is 15.0. The van der Waals surface area contributed by atoms with Crippen LogP contribution >= 0.6 is 46.3 Å². The number of nitrogens with one attached hydrogen (secondary N) is 3. The van der Waals surface area contributed by atoms with E-state index in [1.54, 1.807) is 66.7 Å². The standard InChI is InChI=1S/C34H25Cl2N3O3S2/c35-28-15-14-26(20-29(28)36)38-34(42)31(23-8-3-1-4-9-23)44-27-13-7-12-25(19-27)37-33(41)30(18-22-16-17-43-21-22)39-32(40)24-10-5-2-6-11-24/h1-21,31H,(H,37,41)(H,38,42)(H,39,40)/b30-18-. The molecule has 3 N–H and O–H groups in total. The van der Waals surface area contributed by atoms with Crippen molar-refractivity contribution < 1.29 is 14.4 Å². The Kier molecular flexibility index (Phi) is 10.5. The smallest absolute Gasteiger partial charge is 0.272 e.